The molecule has 0 radical (unpaired) electrons. The number of hydrogen-bond donors (Lipinski definition) is 1. The highest BCUT2D eigenvalue weighted by Crippen LogP contribution is 2.25. The molecule has 0 saturated carbocycles. The van der Waals surface area contributed by atoms with Gasteiger partial charge in [-0.1, -0.05) is 35.5 Å². The fourth-order valence-electron chi connectivity index (χ4n) is 3.45. The molecule has 0 unspecified atom stereocenters. The third-order valence-electron chi connectivity index (χ3n) is 5.08. The van der Waals surface area contributed by atoms with Gasteiger partial charge in [0.15, 0.2) is 0 Å². The number of carbonyl (C=O) groups is 1. The van der Waals surface area contributed by atoms with Crippen molar-refractivity contribution in [1.82, 2.24) is 15.4 Å². The lowest BCUT2D eigenvalue weighted by Gasteiger charge is -2.37. The van der Waals surface area contributed by atoms with Crippen molar-refractivity contribution in [3.8, 4) is 11.3 Å². The topological polar surface area (TPSA) is 67.6 Å². The van der Waals surface area contributed by atoms with Crippen molar-refractivity contribution in [2.45, 2.75) is 31.3 Å². The molecule has 1 aliphatic heterocycles. The van der Waals surface area contributed by atoms with E-state index >= 15 is 0 Å². The van der Waals surface area contributed by atoms with E-state index in [1.54, 1.807) is 12.0 Å². The van der Waals surface area contributed by atoms with Gasteiger partial charge >= 0.3 is 0 Å². The molecule has 6 nitrogen and oxygen atoms in total. The summed E-state index contributed by atoms with van der Waals surface area (Å²) in [5, 5.41) is 7.41. The zero-order chi connectivity index (χ0) is 18.4. The normalized spacial score (nSPS) is 15.8. The van der Waals surface area contributed by atoms with Gasteiger partial charge in [0, 0.05) is 38.8 Å². The fraction of sp³-hybridized carbons (Fsp3) is 0.500. The Kier molecular flexibility index (Phi) is 7.83. The van der Waals surface area contributed by atoms with E-state index in [9.17, 15) is 4.79 Å². The Morgan fingerprint density at radius 1 is 1.30 bits per heavy atom. The molecule has 27 heavy (non-hydrogen) atoms. The summed E-state index contributed by atoms with van der Waals surface area (Å²) in [4.78, 5) is 14.6. The highest BCUT2D eigenvalue weighted by Gasteiger charge is 2.41. The first-order chi connectivity index (χ1) is 12.6. The highest BCUT2D eigenvalue weighted by molar-refractivity contribution is 5.85. The summed E-state index contributed by atoms with van der Waals surface area (Å²) in [7, 11) is 3.48. The summed E-state index contributed by atoms with van der Waals surface area (Å²) in [6.07, 6.45) is 3.01. The van der Waals surface area contributed by atoms with Crippen molar-refractivity contribution in [1.29, 1.82) is 0 Å². The number of aromatic nitrogens is 1. The number of nitrogens with zero attached hydrogens (tertiary/aromatic N) is 2. The van der Waals surface area contributed by atoms with Crippen LogP contribution in [0.25, 0.3) is 11.3 Å². The van der Waals surface area contributed by atoms with Crippen LogP contribution in [0, 0.1) is 0 Å². The minimum atomic E-state index is -0.674. The van der Waals surface area contributed by atoms with E-state index in [2.05, 4.69) is 10.5 Å². The van der Waals surface area contributed by atoms with Crippen LogP contribution in [-0.2, 0) is 16.0 Å². The van der Waals surface area contributed by atoms with Gasteiger partial charge in [0.05, 0.1) is 0 Å². The lowest BCUT2D eigenvalue weighted by molar-refractivity contribution is -0.157. The minimum absolute atomic E-state index is 0. The van der Waals surface area contributed by atoms with Gasteiger partial charge in [0.25, 0.3) is 5.91 Å². The molecule has 0 spiro atoms. The molecule has 1 N–H and O–H groups in total. The van der Waals surface area contributed by atoms with Gasteiger partial charge in [-0.2, -0.15) is 0 Å². The van der Waals surface area contributed by atoms with Gasteiger partial charge in [-0.05, 0) is 32.4 Å². The molecule has 2 heterocycles. The van der Waals surface area contributed by atoms with Crippen LogP contribution in [0.4, 0.5) is 0 Å². The number of methoxy groups -OCH3 is 1. The Hall–Kier alpha value is -1.89. The first-order valence-electron chi connectivity index (χ1n) is 9.17. The molecule has 1 aromatic heterocycles. The average Bonchev–Trinajstić information content (AvgIpc) is 3.17. The van der Waals surface area contributed by atoms with Crippen molar-refractivity contribution in [3.63, 3.8) is 0 Å². The molecule has 1 aliphatic rings. The molecule has 0 aliphatic carbocycles. The predicted molar refractivity (Wildman–Crippen MR) is 107 cm³/mol. The Bertz CT molecular complexity index is 714. The third-order valence-corrected chi connectivity index (χ3v) is 5.08. The monoisotopic (exact) mass is 393 g/mol. The standard InChI is InChI=1S/C20H27N3O3.ClH/c1-23(19(24)20(25-2)10-12-21-13-11-20)14-6-9-17-15-18(22-26-17)16-7-4-3-5-8-16;/h3-5,7-8,15,21H,6,9-14H2,1-2H3;1H. The van der Waals surface area contributed by atoms with Crippen molar-refractivity contribution in [2.75, 3.05) is 33.8 Å². The molecule has 0 bridgehead atoms. The lowest BCUT2D eigenvalue weighted by atomic mass is 9.90. The summed E-state index contributed by atoms with van der Waals surface area (Å²) in [5.41, 5.74) is 1.22. The van der Waals surface area contributed by atoms with Crippen LogP contribution in [0.15, 0.2) is 40.9 Å². The molecule has 1 amide bonds. The largest absolute Gasteiger partial charge is 0.368 e. The number of hydrogen-bond acceptors (Lipinski definition) is 5. The number of likely N-dealkylation sites (N-methyl/N-ethyl adjacent to an activating group) is 1. The zero-order valence-electron chi connectivity index (χ0n) is 15.9. The molecular formula is C20H28ClN3O3. The first-order valence-corrected chi connectivity index (χ1v) is 9.17. The maximum absolute atomic E-state index is 12.8. The number of aryl methyl sites for hydroxylation is 1. The molecule has 1 saturated heterocycles. The van der Waals surface area contributed by atoms with E-state index in [4.69, 9.17) is 9.26 Å². The van der Waals surface area contributed by atoms with Crippen molar-refractivity contribution >= 4 is 18.3 Å². The van der Waals surface area contributed by atoms with E-state index < -0.39 is 5.60 Å². The second-order valence-corrected chi connectivity index (χ2v) is 6.82. The third kappa shape index (κ3) is 5.09. The SMILES string of the molecule is COC1(C(=O)N(C)CCCc2cc(-c3ccccc3)no2)CCNCC1.Cl. The van der Waals surface area contributed by atoms with Gasteiger partial charge in [-0.25, -0.2) is 0 Å². The van der Waals surface area contributed by atoms with Gasteiger partial charge in [0.1, 0.15) is 17.1 Å². The maximum Gasteiger partial charge on any atom is 0.254 e. The van der Waals surface area contributed by atoms with Gasteiger partial charge < -0.3 is 19.5 Å². The second-order valence-electron chi connectivity index (χ2n) is 6.82. The average molecular weight is 394 g/mol. The minimum Gasteiger partial charge on any atom is -0.368 e. The van der Waals surface area contributed by atoms with Crippen LogP contribution in [0.5, 0.6) is 0 Å². The van der Waals surface area contributed by atoms with E-state index in [1.807, 2.05) is 43.4 Å². The number of carbonyl (C=O) groups excluding carboxylic acids is 1. The van der Waals surface area contributed by atoms with E-state index in [0.717, 1.165) is 55.8 Å². The van der Waals surface area contributed by atoms with Crippen LogP contribution in [0.1, 0.15) is 25.0 Å². The van der Waals surface area contributed by atoms with Crippen LogP contribution >= 0.6 is 12.4 Å². The highest BCUT2D eigenvalue weighted by atomic mass is 35.5. The quantitative estimate of drug-likeness (QED) is 0.783. The number of piperidine rings is 1. The molecular weight excluding hydrogens is 366 g/mol. The van der Waals surface area contributed by atoms with E-state index in [1.165, 1.54) is 0 Å². The van der Waals surface area contributed by atoms with Crippen molar-refractivity contribution in [3.05, 3.63) is 42.2 Å². The molecule has 1 aromatic carbocycles. The molecule has 3 rings (SSSR count). The molecule has 7 heteroatoms. The second kappa shape index (κ2) is 9.88. The van der Waals surface area contributed by atoms with Crippen molar-refractivity contribution in [2.24, 2.45) is 0 Å². The van der Waals surface area contributed by atoms with Gasteiger partial charge in [-0.3, -0.25) is 4.79 Å². The summed E-state index contributed by atoms with van der Waals surface area (Å²) >= 11 is 0. The number of rotatable bonds is 7. The van der Waals surface area contributed by atoms with Crippen LogP contribution in [-0.4, -0.2) is 55.4 Å². The number of benzene rings is 1. The van der Waals surface area contributed by atoms with Crippen LogP contribution < -0.4 is 5.32 Å². The predicted octanol–water partition coefficient (Wildman–Crippen LogP) is 2.92. The molecule has 148 valence electrons. The van der Waals surface area contributed by atoms with Crippen molar-refractivity contribution < 1.29 is 14.1 Å². The Labute approximate surface area is 166 Å². The Morgan fingerprint density at radius 3 is 2.67 bits per heavy atom. The number of ether oxygens (including phenoxy) is 1. The summed E-state index contributed by atoms with van der Waals surface area (Å²) < 4.78 is 11.1. The zero-order valence-corrected chi connectivity index (χ0v) is 16.8. The molecule has 2 aromatic rings. The van der Waals surface area contributed by atoms with Gasteiger partial charge in [-0.15, -0.1) is 12.4 Å². The molecule has 1 fully saturated rings. The number of halogens is 1. The lowest BCUT2D eigenvalue weighted by Crippen LogP contribution is -2.54. The molecule has 0 atom stereocenters. The van der Waals surface area contributed by atoms with E-state index in [-0.39, 0.29) is 18.3 Å². The summed E-state index contributed by atoms with van der Waals surface area (Å²) in [5.74, 6) is 0.914. The van der Waals surface area contributed by atoms with Crippen LogP contribution in [0.2, 0.25) is 0 Å². The van der Waals surface area contributed by atoms with Gasteiger partial charge in [0.2, 0.25) is 0 Å². The summed E-state index contributed by atoms with van der Waals surface area (Å²) in [6.45, 7) is 2.29. The fourth-order valence-corrected chi connectivity index (χ4v) is 3.45. The summed E-state index contributed by atoms with van der Waals surface area (Å²) in [6, 6.07) is 11.9. The Morgan fingerprint density at radius 2 is 2.00 bits per heavy atom. The smallest absolute Gasteiger partial charge is 0.254 e. The van der Waals surface area contributed by atoms with Crippen LogP contribution in [0.3, 0.4) is 0 Å². The first kappa shape index (κ1) is 21.4. The maximum atomic E-state index is 12.8. The van der Waals surface area contributed by atoms with E-state index in [0.29, 0.717) is 6.54 Å². The Balaban J connectivity index is 0.00000261. The number of amides is 1. The number of nitrogens with one attached hydrogen (secondary N) is 1.